The smallest absolute Gasteiger partial charge is 0.254 e. The number of nitrogens with one attached hydrogen (secondary N) is 3. The summed E-state index contributed by atoms with van der Waals surface area (Å²) in [5.41, 5.74) is 0.873. The van der Waals surface area contributed by atoms with Crippen molar-refractivity contribution in [1.29, 1.82) is 0 Å². The second kappa shape index (κ2) is 7.43. The zero-order chi connectivity index (χ0) is 17.8. The molecule has 0 saturated heterocycles. The van der Waals surface area contributed by atoms with Crippen molar-refractivity contribution >= 4 is 45.2 Å². The van der Waals surface area contributed by atoms with E-state index >= 15 is 0 Å². The Kier molecular flexibility index (Phi) is 5.08. The van der Waals surface area contributed by atoms with E-state index in [1.54, 1.807) is 42.6 Å². The summed E-state index contributed by atoms with van der Waals surface area (Å²) >= 11 is 3.27. The van der Waals surface area contributed by atoms with Gasteiger partial charge in [-0.2, -0.15) is 0 Å². The zero-order valence-electron chi connectivity index (χ0n) is 13.1. The van der Waals surface area contributed by atoms with Crippen LogP contribution >= 0.6 is 15.9 Å². The Morgan fingerprint density at radius 1 is 1.20 bits per heavy atom. The summed E-state index contributed by atoms with van der Waals surface area (Å²) in [6, 6.07) is 9.43. The molecule has 0 saturated carbocycles. The van der Waals surface area contributed by atoms with E-state index < -0.39 is 6.04 Å². The van der Waals surface area contributed by atoms with Crippen LogP contribution in [0, 0.1) is 0 Å². The average Bonchev–Trinajstić information content (AvgIpc) is 2.72. The first kappa shape index (κ1) is 17.1. The number of halogens is 1. The molecule has 0 aliphatic carbocycles. The normalized spacial score (nSPS) is 16.3. The first-order valence-corrected chi connectivity index (χ1v) is 8.44. The Morgan fingerprint density at radius 2 is 2.00 bits per heavy atom. The van der Waals surface area contributed by atoms with Crippen molar-refractivity contribution < 1.29 is 14.4 Å². The van der Waals surface area contributed by atoms with E-state index in [1.807, 2.05) is 0 Å². The first-order valence-electron chi connectivity index (χ1n) is 7.65. The third-order valence-electron chi connectivity index (χ3n) is 3.71. The summed E-state index contributed by atoms with van der Waals surface area (Å²) in [6.07, 6.45) is 1.84. The Labute approximate surface area is 152 Å². The minimum atomic E-state index is -0.775. The molecule has 3 amide bonds. The summed E-state index contributed by atoms with van der Waals surface area (Å²) in [5.74, 6) is -0.532. The average molecular weight is 403 g/mol. The van der Waals surface area contributed by atoms with Crippen molar-refractivity contribution in [3.63, 3.8) is 0 Å². The van der Waals surface area contributed by atoms with Gasteiger partial charge in [0.15, 0.2) is 0 Å². The molecule has 7 nitrogen and oxygen atoms in total. The van der Waals surface area contributed by atoms with Crippen LogP contribution in [-0.4, -0.2) is 28.7 Å². The highest BCUT2D eigenvalue weighted by Crippen LogP contribution is 2.19. The molecule has 0 fully saturated rings. The summed E-state index contributed by atoms with van der Waals surface area (Å²) in [4.78, 5) is 40.5. The molecule has 1 aromatic carbocycles. The van der Waals surface area contributed by atoms with Gasteiger partial charge < -0.3 is 16.0 Å². The van der Waals surface area contributed by atoms with Crippen molar-refractivity contribution in [2.75, 3.05) is 10.6 Å². The lowest BCUT2D eigenvalue weighted by Crippen LogP contribution is -2.41. The van der Waals surface area contributed by atoms with E-state index in [1.165, 1.54) is 0 Å². The second-order valence-electron chi connectivity index (χ2n) is 5.51. The molecule has 1 aliphatic heterocycles. The predicted octanol–water partition coefficient (Wildman–Crippen LogP) is 2.31. The lowest BCUT2D eigenvalue weighted by atomic mass is 10.1. The van der Waals surface area contributed by atoms with Gasteiger partial charge in [-0.1, -0.05) is 12.1 Å². The molecule has 0 spiro atoms. The largest absolute Gasteiger partial charge is 0.340 e. The highest BCUT2D eigenvalue weighted by Gasteiger charge is 2.27. The minimum absolute atomic E-state index is 0.0758. The zero-order valence-corrected chi connectivity index (χ0v) is 14.7. The van der Waals surface area contributed by atoms with Crippen LogP contribution in [-0.2, 0) is 9.59 Å². The van der Waals surface area contributed by atoms with Gasteiger partial charge in [0.25, 0.3) is 5.91 Å². The van der Waals surface area contributed by atoms with Crippen LogP contribution in [0.15, 0.2) is 47.1 Å². The van der Waals surface area contributed by atoms with Crippen LogP contribution in [0.5, 0.6) is 0 Å². The van der Waals surface area contributed by atoms with Crippen molar-refractivity contribution in [2.45, 2.75) is 18.9 Å². The van der Waals surface area contributed by atoms with E-state index in [-0.39, 0.29) is 30.6 Å². The van der Waals surface area contributed by atoms with Crippen LogP contribution in [0.2, 0.25) is 0 Å². The minimum Gasteiger partial charge on any atom is -0.340 e. The summed E-state index contributed by atoms with van der Waals surface area (Å²) in [7, 11) is 0. The van der Waals surface area contributed by atoms with Gasteiger partial charge in [-0.05, 0) is 46.6 Å². The standard InChI is InChI=1S/C17H15BrN4O3/c18-10-5-7-14(19-9-10)22-15(23)8-6-13-17(25)20-12-4-2-1-3-11(12)16(24)21-13/h1-5,7,9,13H,6,8H2,(H,20,25)(H,21,24)(H,19,22,23)/t13-/m1/s1. The number of pyridine rings is 1. The van der Waals surface area contributed by atoms with E-state index in [0.717, 1.165) is 4.47 Å². The van der Waals surface area contributed by atoms with Gasteiger partial charge in [-0.15, -0.1) is 0 Å². The Bertz CT molecular complexity index is 823. The molecule has 0 radical (unpaired) electrons. The van der Waals surface area contributed by atoms with Crippen LogP contribution in [0.25, 0.3) is 0 Å². The topological polar surface area (TPSA) is 100 Å². The molecule has 2 aromatic rings. The lowest BCUT2D eigenvalue weighted by Gasteiger charge is -2.14. The third kappa shape index (κ3) is 4.21. The molecule has 1 atom stereocenters. The van der Waals surface area contributed by atoms with Crippen molar-refractivity contribution in [3.8, 4) is 0 Å². The van der Waals surface area contributed by atoms with Crippen molar-refractivity contribution in [3.05, 3.63) is 52.6 Å². The SMILES string of the molecule is O=C(CC[C@H]1NC(=O)c2ccccc2NC1=O)Nc1ccc(Br)cn1. The third-order valence-corrected chi connectivity index (χ3v) is 4.18. The van der Waals surface area contributed by atoms with Gasteiger partial charge in [0.05, 0.1) is 11.3 Å². The highest BCUT2D eigenvalue weighted by atomic mass is 79.9. The molecule has 1 aromatic heterocycles. The highest BCUT2D eigenvalue weighted by molar-refractivity contribution is 9.10. The molecular formula is C17H15BrN4O3. The molecule has 3 rings (SSSR count). The van der Waals surface area contributed by atoms with E-state index in [9.17, 15) is 14.4 Å². The number of benzene rings is 1. The second-order valence-corrected chi connectivity index (χ2v) is 6.43. The van der Waals surface area contributed by atoms with Gasteiger partial charge >= 0.3 is 0 Å². The van der Waals surface area contributed by atoms with Crippen LogP contribution in [0.3, 0.4) is 0 Å². The Balaban J connectivity index is 1.59. The fourth-order valence-corrected chi connectivity index (χ4v) is 2.68. The van der Waals surface area contributed by atoms with Crippen LogP contribution in [0.4, 0.5) is 11.5 Å². The van der Waals surface area contributed by atoms with Crippen molar-refractivity contribution in [1.82, 2.24) is 10.3 Å². The number of anilines is 2. The number of carbonyl (C=O) groups is 3. The molecule has 25 heavy (non-hydrogen) atoms. The molecule has 0 bridgehead atoms. The first-order chi connectivity index (χ1) is 12.0. The molecular weight excluding hydrogens is 388 g/mol. The van der Waals surface area contributed by atoms with Gasteiger partial charge in [0, 0.05) is 17.1 Å². The van der Waals surface area contributed by atoms with E-state index in [2.05, 4.69) is 36.9 Å². The molecule has 1 aliphatic rings. The number of para-hydroxylation sites is 1. The summed E-state index contributed by atoms with van der Waals surface area (Å²) in [6.45, 7) is 0. The molecule has 8 heteroatoms. The van der Waals surface area contributed by atoms with Gasteiger partial charge in [-0.3, -0.25) is 14.4 Å². The Morgan fingerprint density at radius 3 is 2.76 bits per heavy atom. The fourth-order valence-electron chi connectivity index (χ4n) is 2.45. The van der Waals surface area contributed by atoms with Crippen LogP contribution < -0.4 is 16.0 Å². The quantitative estimate of drug-likeness (QED) is 0.730. The van der Waals surface area contributed by atoms with Gasteiger partial charge in [0.2, 0.25) is 11.8 Å². The van der Waals surface area contributed by atoms with Crippen LogP contribution in [0.1, 0.15) is 23.2 Å². The number of carbonyl (C=O) groups excluding carboxylic acids is 3. The number of hydrogen-bond acceptors (Lipinski definition) is 4. The Hall–Kier alpha value is -2.74. The van der Waals surface area contributed by atoms with E-state index in [4.69, 9.17) is 0 Å². The van der Waals surface area contributed by atoms with E-state index in [0.29, 0.717) is 17.1 Å². The van der Waals surface area contributed by atoms with Gasteiger partial charge in [0.1, 0.15) is 11.9 Å². The van der Waals surface area contributed by atoms with Crippen molar-refractivity contribution in [2.24, 2.45) is 0 Å². The maximum atomic E-state index is 12.3. The number of nitrogens with zero attached hydrogens (tertiary/aromatic N) is 1. The number of aromatic nitrogens is 1. The molecule has 3 N–H and O–H groups in total. The molecule has 2 heterocycles. The number of rotatable bonds is 4. The van der Waals surface area contributed by atoms with Gasteiger partial charge in [-0.25, -0.2) is 4.98 Å². The summed E-state index contributed by atoms with van der Waals surface area (Å²) in [5, 5.41) is 8.02. The molecule has 0 unspecified atom stereocenters. The lowest BCUT2D eigenvalue weighted by molar-refractivity contribution is -0.118. The number of hydrogen-bond donors (Lipinski definition) is 3. The molecule has 128 valence electrons. The summed E-state index contributed by atoms with van der Waals surface area (Å²) < 4.78 is 0.808. The predicted molar refractivity (Wildman–Crippen MR) is 96.1 cm³/mol. The number of fused-ring (bicyclic) bond motifs is 1. The number of amides is 3. The fraction of sp³-hybridized carbons (Fsp3) is 0.176. The maximum absolute atomic E-state index is 12.3. The monoisotopic (exact) mass is 402 g/mol. The maximum Gasteiger partial charge on any atom is 0.254 e.